The second-order valence-corrected chi connectivity index (χ2v) is 14.3. The zero-order valence-electron chi connectivity index (χ0n) is 28.6. The number of aromatic nitrogens is 3. The van der Waals surface area contributed by atoms with Gasteiger partial charge in [0.2, 0.25) is 0 Å². The molecule has 0 unspecified atom stereocenters. The third-order valence-electron chi connectivity index (χ3n) is 11.7. The Morgan fingerprint density at radius 1 is 0.377 bits per heavy atom. The minimum Gasteiger partial charge on any atom is -0.254 e. The molecule has 0 saturated carbocycles. The highest BCUT2D eigenvalue weighted by Crippen LogP contribution is 2.63. The van der Waals surface area contributed by atoms with Crippen LogP contribution in [0.1, 0.15) is 22.3 Å². The number of nitrogens with zero attached hydrogens (tertiary/aromatic N) is 3. The maximum absolute atomic E-state index is 5.45. The van der Waals surface area contributed by atoms with Gasteiger partial charge in [0.1, 0.15) is 0 Å². The highest BCUT2D eigenvalue weighted by atomic mass is 14.8. The topological polar surface area (TPSA) is 38.7 Å². The van der Waals surface area contributed by atoms with Crippen LogP contribution in [0.3, 0.4) is 0 Å². The summed E-state index contributed by atoms with van der Waals surface area (Å²) in [4.78, 5) is 15.3. The zero-order chi connectivity index (χ0) is 34.7. The zero-order valence-corrected chi connectivity index (χ0v) is 28.6. The van der Waals surface area contributed by atoms with Crippen LogP contribution in [0.4, 0.5) is 0 Å². The molecule has 10 aromatic rings. The molecule has 12 rings (SSSR count). The van der Waals surface area contributed by atoms with Crippen LogP contribution in [0.2, 0.25) is 0 Å². The first-order valence-corrected chi connectivity index (χ1v) is 18.2. The summed E-state index contributed by atoms with van der Waals surface area (Å²) in [6.45, 7) is 0. The summed E-state index contributed by atoms with van der Waals surface area (Å²) in [7, 11) is 0. The normalized spacial score (nSPS) is 13.4. The maximum atomic E-state index is 5.45. The van der Waals surface area contributed by atoms with Crippen LogP contribution in [0.5, 0.6) is 0 Å². The Hall–Kier alpha value is -6.97. The van der Waals surface area contributed by atoms with Gasteiger partial charge in [0.15, 0.2) is 0 Å². The van der Waals surface area contributed by atoms with Crippen LogP contribution in [0, 0.1) is 0 Å². The summed E-state index contributed by atoms with van der Waals surface area (Å²) in [6.07, 6.45) is 1.84. The molecule has 0 amide bonds. The van der Waals surface area contributed by atoms with Crippen molar-refractivity contribution < 1.29 is 0 Å². The van der Waals surface area contributed by atoms with E-state index in [1.807, 2.05) is 12.3 Å². The van der Waals surface area contributed by atoms with Gasteiger partial charge < -0.3 is 0 Å². The molecule has 0 atom stereocenters. The Kier molecular flexibility index (Phi) is 5.70. The van der Waals surface area contributed by atoms with Crippen molar-refractivity contribution in [3.63, 3.8) is 0 Å². The minimum absolute atomic E-state index is 0.427. The minimum atomic E-state index is -0.427. The van der Waals surface area contributed by atoms with Crippen LogP contribution < -0.4 is 0 Å². The van der Waals surface area contributed by atoms with Gasteiger partial charge in [0.05, 0.1) is 33.4 Å². The van der Waals surface area contributed by atoms with Crippen molar-refractivity contribution >= 4 is 43.5 Å². The lowest BCUT2D eigenvalue weighted by Crippen LogP contribution is -2.25. The van der Waals surface area contributed by atoms with E-state index < -0.39 is 5.41 Å². The maximum Gasteiger partial charge on any atom is 0.0972 e. The number of pyridine rings is 3. The Bertz CT molecular complexity index is 3150. The molecule has 7 aromatic carbocycles. The molecule has 0 saturated heterocycles. The molecule has 3 heterocycles. The van der Waals surface area contributed by atoms with E-state index in [-0.39, 0.29) is 0 Å². The molecule has 0 aliphatic heterocycles. The van der Waals surface area contributed by atoms with Crippen molar-refractivity contribution in [1.29, 1.82) is 0 Å². The second-order valence-electron chi connectivity index (χ2n) is 14.3. The first-order valence-electron chi connectivity index (χ1n) is 18.2. The molecule has 0 radical (unpaired) electrons. The average molecular weight is 672 g/mol. The van der Waals surface area contributed by atoms with E-state index >= 15 is 0 Å². The molecule has 3 nitrogen and oxygen atoms in total. The van der Waals surface area contributed by atoms with Crippen molar-refractivity contribution in [2.45, 2.75) is 5.41 Å². The van der Waals surface area contributed by atoms with E-state index in [1.165, 1.54) is 49.9 Å². The molecule has 2 aliphatic carbocycles. The first kappa shape index (κ1) is 28.7. The van der Waals surface area contributed by atoms with Crippen LogP contribution >= 0.6 is 0 Å². The lowest BCUT2D eigenvalue weighted by atomic mass is 9.70. The number of hydrogen-bond donors (Lipinski definition) is 0. The standard InChI is InChI=1S/C50H29N3/c1-5-18-41-34(14-1)35-15-2-6-19-42(35)50(41)43-20-7-3-16-36(43)39-28-38-37-17-4-8-21-46(37)53-47(40(38)29-44(39)50)33-12-9-11-32(27-33)45-25-24-31-23-22-30-13-10-26-51-48(30)49(31)52-45/h1-29H. The van der Waals surface area contributed by atoms with Crippen LogP contribution in [-0.4, -0.2) is 15.0 Å². The molecule has 244 valence electrons. The Morgan fingerprint density at radius 3 is 1.79 bits per heavy atom. The molecule has 0 N–H and O–H groups in total. The van der Waals surface area contributed by atoms with Crippen LogP contribution in [0.15, 0.2) is 176 Å². The van der Waals surface area contributed by atoms with Crippen molar-refractivity contribution in [3.05, 3.63) is 198 Å². The summed E-state index contributed by atoms with van der Waals surface area (Å²) in [5.41, 5.74) is 16.9. The molecule has 3 heteroatoms. The first-order chi connectivity index (χ1) is 26.3. The fourth-order valence-corrected chi connectivity index (χ4v) is 9.47. The van der Waals surface area contributed by atoms with E-state index in [9.17, 15) is 0 Å². The predicted molar refractivity (Wildman–Crippen MR) is 217 cm³/mol. The highest BCUT2D eigenvalue weighted by molar-refractivity contribution is 6.14. The van der Waals surface area contributed by atoms with Crippen LogP contribution in [-0.2, 0) is 5.41 Å². The molecule has 0 bridgehead atoms. The van der Waals surface area contributed by atoms with Crippen molar-refractivity contribution in [2.75, 3.05) is 0 Å². The lowest BCUT2D eigenvalue weighted by molar-refractivity contribution is 0.795. The third-order valence-corrected chi connectivity index (χ3v) is 11.7. The predicted octanol–water partition coefficient (Wildman–Crippen LogP) is 12.2. The number of fused-ring (bicyclic) bond motifs is 16. The summed E-state index contributed by atoms with van der Waals surface area (Å²) in [6, 6.07) is 61.8. The van der Waals surface area contributed by atoms with Crippen molar-refractivity contribution in [3.8, 4) is 44.8 Å². The summed E-state index contributed by atoms with van der Waals surface area (Å²) >= 11 is 0. The fourth-order valence-electron chi connectivity index (χ4n) is 9.47. The number of benzene rings is 7. The molecular formula is C50H29N3. The number of para-hydroxylation sites is 1. The Balaban J connectivity index is 1.14. The van der Waals surface area contributed by atoms with Crippen molar-refractivity contribution in [1.82, 2.24) is 15.0 Å². The average Bonchev–Trinajstić information content (AvgIpc) is 3.69. The van der Waals surface area contributed by atoms with E-state index in [0.717, 1.165) is 60.6 Å². The molecule has 3 aromatic heterocycles. The van der Waals surface area contributed by atoms with Gasteiger partial charge in [-0.15, -0.1) is 0 Å². The third kappa shape index (κ3) is 3.80. The molecule has 1 spiro atoms. The van der Waals surface area contributed by atoms with Crippen LogP contribution in [0.25, 0.3) is 88.2 Å². The van der Waals surface area contributed by atoms with Gasteiger partial charge in [-0.3, -0.25) is 4.98 Å². The number of hydrogen-bond acceptors (Lipinski definition) is 3. The van der Waals surface area contributed by atoms with Crippen molar-refractivity contribution in [2.24, 2.45) is 0 Å². The second kappa shape index (κ2) is 10.5. The largest absolute Gasteiger partial charge is 0.254 e. The van der Waals surface area contributed by atoms with E-state index in [0.29, 0.717) is 0 Å². The van der Waals surface area contributed by atoms with E-state index in [2.05, 4.69) is 164 Å². The molecule has 0 fully saturated rings. The van der Waals surface area contributed by atoms with Gasteiger partial charge in [0, 0.05) is 38.9 Å². The highest BCUT2D eigenvalue weighted by Gasteiger charge is 2.51. The van der Waals surface area contributed by atoms with E-state index in [4.69, 9.17) is 15.0 Å². The number of rotatable bonds is 2. The summed E-state index contributed by atoms with van der Waals surface area (Å²) in [5, 5.41) is 5.69. The molecule has 2 aliphatic rings. The van der Waals surface area contributed by atoms with Gasteiger partial charge in [-0.05, 0) is 86.3 Å². The van der Waals surface area contributed by atoms with Gasteiger partial charge in [-0.2, -0.15) is 0 Å². The van der Waals surface area contributed by atoms with Gasteiger partial charge in [0.25, 0.3) is 0 Å². The Labute approximate surface area is 305 Å². The molecular weight excluding hydrogens is 643 g/mol. The lowest BCUT2D eigenvalue weighted by Gasteiger charge is -2.30. The molecule has 53 heavy (non-hydrogen) atoms. The van der Waals surface area contributed by atoms with Gasteiger partial charge >= 0.3 is 0 Å². The van der Waals surface area contributed by atoms with Gasteiger partial charge in [-0.25, -0.2) is 9.97 Å². The summed E-state index contributed by atoms with van der Waals surface area (Å²) < 4.78 is 0. The smallest absolute Gasteiger partial charge is 0.0972 e. The van der Waals surface area contributed by atoms with E-state index in [1.54, 1.807) is 0 Å². The fraction of sp³-hybridized carbons (Fsp3) is 0.0200. The SMILES string of the molecule is c1cc(-c2ccc3ccc4cccnc4c3n2)cc(-c2nc3ccccc3c3cc4c(cc23)C2(c3ccccc3-c3ccccc32)c2ccccc2-4)c1. The van der Waals surface area contributed by atoms with Gasteiger partial charge in [-0.1, -0.05) is 133 Å². The summed E-state index contributed by atoms with van der Waals surface area (Å²) in [5.74, 6) is 0. The monoisotopic (exact) mass is 671 g/mol. The quantitative estimate of drug-likeness (QED) is 0.172. The Morgan fingerprint density at radius 2 is 1.02 bits per heavy atom.